The van der Waals surface area contributed by atoms with Gasteiger partial charge in [0.2, 0.25) is 0 Å². The molecule has 0 saturated carbocycles. The van der Waals surface area contributed by atoms with E-state index in [4.69, 9.17) is 0 Å². The molecule has 2 heteroatoms. The lowest BCUT2D eigenvalue weighted by Crippen LogP contribution is -2.11. The van der Waals surface area contributed by atoms with Crippen molar-refractivity contribution < 1.29 is 0 Å². The van der Waals surface area contributed by atoms with Crippen molar-refractivity contribution in [3.05, 3.63) is 0 Å². The summed E-state index contributed by atoms with van der Waals surface area (Å²) in [4.78, 5) is 0. The molecule has 38 valence electrons. The molecule has 0 amide bonds. The van der Waals surface area contributed by atoms with Crippen LogP contribution in [-0.2, 0) is 0 Å². The van der Waals surface area contributed by atoms with Gasteiger partial charge in [-0.2, -0.15) is 0 Å². The van der Waals surface area contributed by atoms with Crippen molar-refractivity contribution >= 4 is 26.2 Å². The summed E-state index contributed by atoms with van der Waals surface area (Å²) in [5.41, 5.74) is 0. The molecule has 6 heavy (non-hydrogen) atoms. The minimum atomic E-state index is 0.493. The Hall–Kier alpha value is 0.697. The molecule has 0 aliphatic carbocycles. The zero-order chi connectivity index (χ0) is 5.21. The summed E-state index contributed by atoms with van der Waals surface area (Å²) < 4.78 is 0.493. The lowest BCUT2D eigenvalue weighted by Gasteiger charge is -2.09. The molecule has 0 bridgehead atoms. The number of alkyl halides is 1. The number of hydrogen-bond donors (Lipinski definition) is 0. The van der Waals surface area contributed by atoms with Gasteiger partial charge < -0.3 is 0 Å². The Labute approximate surface area is 50.9 Å². The standard InChI is InChI=1S/C4H11BrSi/c1-3-4(2,5)6/h3H2,1-2,6H3. The zero-order valence-electron chi connectivity index (χ0n) is 4.59. The predicted molar refractivity (Wildman–Crippen MR) is 37.6 cm³/mol. The third kappa shape index (κ3) is 4.70. The minimum absolute atomic E-state index is 0.493. The Kier molecular flexibility index (Phi) is 2.37. The average molecular weight is 167 g/mol. The van der Waals surface area contributed by atoms with Crippen molar-refractivity contribution in [2.45, 2.75) is 24.2 Å². The molecule has 0 spiro atoms. The maximum absolute atomic E-state index is 3.54. The maximum Gasteiger partial charge on any atom is 0.0236 e. The summed E-state index contributed by atoms with van der Waals surface area (Å²) in [7, 11) is 1.25. The van der Waals surface area contributed by atoms with Gasteiger partial charge in [-0.25, -0.2) is 0 Å². The minimum Gasteiger partial charge on any atom is -0.0903 e. The van der Waals surface area contributed by atoms with E-state index in [9.17, 15) is 0 Å². The number of rotatable bonds is 1. The zero-order valence-corrected chi connectivity index (χ0v) is 8.17. The third-order valence-corrected chi connectivity index (χ3v) is 2.11. The number of hydrogen-bond acceptors (Lipinski definition) is 0. The van der Waals surface area contributed by atoms with E-state index in [-0.39, 0.29) is 0 Å². The van der Waals surface area contributed by atoms with Crippen LogP contribution in [0.25, 0.3) is 0 Å². The molecule has 0 aromatic heterocycles. The van der Waals surface area contributed by atoms with Gasteiger partial charge in [0.1, 0.15) is 0 Å². The molecule has 0 aliphatic heterocycles. The van der Waals surface area contributed by atoms with E-state index >= 15 is 0 Å². The number of halogens is 1. The molecular formula is C4H11BrSi. The van der Waals surface area contributed by atoms with E-state index in [1.54, 1.807) is 0 Å². The van der Waals surface area contributed by atoms with Gasteiger partial charge in [-0.05, 0) is 6.42 Å². The van der Waals surface area contributed by atoms with Gasteiger partial charge in [-0.1, -0.05) is 29.8 Å². The van der Waals surface area contributed by atoms with Crippen LogP contribution >= 0.6 is 15.9 Å². The van der Waals surface area contributed by atoms with Crippen molar-refractivity contribution in [1.29, 1.82) is 0 Å². The van der Waals surface area contributed by atoms with E-state index in [1.807, 2.05) is 0 Å². The summed E-state index contributed by atoms with van der Waals surface area (Å²) in [5, 5.41) is 0. The molecule has 0 nitrogen and oxygen atoms in total. The van der Waals surface area contributed by atoms with Crippen LogP contribution in [0.4, 0.5) is 0 Å². The van der Waals surface area contributed by atoms with Gasteiger partial charge in [0.25, 0.3) is 0 Å². The highest BCUT2D eigenvalue weighted by Gasteiger charge is 2.06. The Morgan fingerprint density at radius 2 is 2.00 bits per heavy atom. The fourth-order valence-corrected chi connectivity index (χ4v) is 0. The first kappa shape index (κ1) is 6.70. The largest absolute Gasteiger partial charge is 0.0903 e. The van der Waals surface area contributed by atoms with Crippen LogP contribution in [-0.4, -0.2) is 14.2 Å². The van der Waals surface area contributed by atoms with Gasteiger partial charge in [0.15, 0.2) is 0 Å². The van der Waals surface area contributed by atoms with Gasteiger partial charge in [0.05, 0.1) is 0 Å². The second kappa shape index (κ2) is 2.12. The van der Waals surface area contributed by atoms with E-state index < -0.39 is 0 Å². The van der Waals surface area contributed by atoms with Crippen LogP contribution in [0.3, 0.4) is 0 Å². The van der Waals surface area contributed by atoms with Crippen LogP contribution in [0.2, 0.25) is 0 Å². The Balaban J connectivity index is 3.17. The Morgan fingerprint density at radius 3 is 2.00 bits per heavy atom. The van der Waals surface area contributed by atoms with Crippen molar-refractivity contribution in [3.63, 3.8) is 0 Å². The molecular weight excluding hydrogens is 156 g/mol. The SMILES string of the molecule is CCC(C)([SiH3])Br. The van der Waals surface area contributed by atoms with Crippen molar-refractivity contribution in [2.24, 2.45) is 0 Å². The Morgan fingerprint density at radius 1 is 1.83 bits per heavy atom. The normalized spacial score (nSPS) is 20.5. The quantitative estimate of drug-likeness (QED) is 0.401. The first-order valence-electron chi connectivity index (χ1n) is 2.25. The molecule has 0 saturated heterocycles. The summed E-state index contributed by atoms with van der Waals surface area (Å²) >= 11 is 3.54. The Bertz CT molecular complexity index is 37.3. The van der Waals surface area contributed by atoms with Crippen molar-refractivity contribution in [3.8, 4) is 0 Å². The molecule has 0 aromatic rings. The molecule has 1 unspecified atom stereocenters. The van der Waals surface area contributed by atoms with E-state index in [1.165, 1.54) is 16.7 Å². The highest BCUT2D eigenvalue weighted by Crippen LogP contribution is 2.14. The topological polar surface area (TPSA) is 0 Å². The van der Waals surface area contributed by atoms with Gasteiger partial charge in [0, 0.05) is 14.2 Å². The van der Waals surface area contributed by atoms with E-state index in [0.717, 1.165) is 0 Å². The lowest BCUT2D eigenvalue weighted by atomic mass is 10.4. The monoisotopic (exact) mass is 166 g/mol. The predicted octanol–water partition coefficient (Wildman–Crippen LogP) is 0.873. The van der Waals surface area contributed by atoms with Crippen LogP contribution in [0.5, 0.6) is 0 Å². The van der Waals surface area contributed by atoms with Crippen molar-refractivity contribution in [1.82, 2.24) is 0 Å². The smallest absolute Gasteiger partial charge is 0.0236 e. The molecule has 0 rings (SSSR count). The molecule has 0 fully saturated rings. The second-order valence-electron chi connectivity index (χ2n) is 2.07. The molecule has 0 heterocycles. The molecule has 0 aliphatic rings. The van der Waals surface area contributed by atoms with E-state index in [2.05, 4.69) is 29.8 Å². The van der Waals surface area contributed by atoms with Crippen LogP contribution in [0.1, 0.15) is 20.3 Å². The van der Waals surface area contributed by atoms with Crippen LogP contribution < -0.4 is 0 Å². The van der Waals surface area contributed by atoms with Crippen LogP contribution in [0.15, 0.2) is 0 Å². The van der Waals surface area contributed by atoms with Gasteiger partial charge >= 0.3 is 0 Å². The van der Waals surface area contributed by atoms with Crippen molar-refractivity contribution in [2.75, 3.05) is 0 Å². The average Bonchev–Trinajstić information content (AvgIpc) is 1.35. The van der Waals surface area contributed by atoms with Gasteiger partial charge in [-0.15, -0.1) is 0 Å². The highest BCUT2D eigenvalue weighted by atomic mass is 79.9. The first-order chi connectivity index (χ1) is 2.56. The summed E-state index contributed by atoms with van der Waals surface area (Å²) in [5.74, 6) is 0. The fraction of sp³-hybridized carbons (Fsp3) is 1.00. The summed E-state index contributed by atoms with van der Waals surface area (Å²) in [6.45, 7) is 4.42. The summed E-state index contributed by atoms with van der Waals surface area (Å²) in [6.07, 6.45) is 1.25. The molecule has 0 radical (unpaired) electrons. The van der Waals surface area contributed by atoms with E-state index in [0.29, 0.717) is 3.95 Å². The third-order valence-electron chi connectivity index (χ3n) is 0.841. The van der Waals surface area contributed by atoms with Gasteiger partial charge in [-0.3, -0.25) is 0 Å². The highest BCUT2D eigenvalue weighted by molar-refractivity contribution is 9.10. The van der Waals surface area contributed by atoms with Crippen LogP contribution in [0, 0.1) is 0 Å². The molecule has 0 N–H and O–H groups in total. The molecule has 1 atom stereocenters. The summed E-state index contributed by atoms with van der Waals surface area (Å²) in [6, 6.07) is 0. The molecule has 0 aromatic carbocycles. The lowest BCUT2D eigenvalue weighted by molar-refractivity contribution is 0.849. The fourth-order valence-electron chi connectivity index (χ4n) is 0. The first-order valence-corrected chi connectivity index (χ1v) is 4.04. The maximum atomic E-state index is 3.54. The second-order valence-corrected chi connectivity index (χ2v) is 7.89.